The molecular formula is C17H19BFNO4. The Bertz CT molecular complexity index is 700. The first-order valence-corrected chi connectivity index (χ1v) is 7.83. The molecule has 1 aliphatic rings. The van der Waals surface area contributed by atoms with E-state index in [1.54, 1.807) is 25.6 Å². The van der Waals surface area contributed by atoms with Gasteiger partial charge < -0.3 is 19.2 Å². The SMILES string of the molecule is COc1ccc(-c2cncc(C3COB(O)C3)c2)cc1OCCF. The van der Waals surface area contributed by atoms with Gasteiger partial charge in [0.1, 0.15) is 13.3 Å². The smallest absolute Gasteiger partial charge is 0.454 e. The Balaban J connectivity index is 1.88. The number of halogens is 1. The van der Waals surface area contributed by atoms with E-state index < -0.39 is 13.8 Å². The van der Waals surface area contributed by atoms with Crippen molar-refractivity contribution >= 4 is 7.12 Å². The summed E-state index contributed by atoms with van der Waals surface area (Å²) in [7, 11) is 0.839. The second kappa shape index (κ2) is 7.64. The first kappa shape index (κ1) is 16.7. The number of nitrogens with zero attached hydrogens (tertiary/aromatic N) is 1. The summed E-state index contributed by atoms with van der Waals surface area (Å²) in [6.07, 6.45) is 4.12. The monoisotopic (exact) mass is 331 g/mol. The molecule has 1 aromatic carbocycles. The maximum Gasteiger partial charge on any atom is 0.454 e. The summed E-state index contributed by atoms with van der Waals surface area (Å²) in [5.41, 5.74) is 2.84. The lowest BCUT2D eigenvalue weighted by Crippen LogP contribution is -2.07. The lowest BCUT2D eigenvalue weighted by molar-refractivity contribution is 0.260. The first-order valence-electron chi connectivity index (χ1n) is 7.83. The number of methoxy groups -OCH3 is 1. The molecule has 2 aromatic rings. The Kier molecular flexibility index (Phi) is 5.32. The summed E-state index contributed by atoms with van der Waals surface area (Å²) < 4.78 is 28.3. The Hall–Kier alpha value is -2.12. The molecule has 2 heterocycles. The molecule has 0 aliphatic carbocycles. The fraction of sp³-hybridized carbons (Fsp3) is 0.353. The molecule has 1 aliphatic heterocycles. The summed E-state index contributed by atoms with van der Waals surface area (Å²) in [4.78, 5) is 4.30. The van der Waals surface area contributed by atoms with E-state index in [2.05, 4.69) is 4.98 Å². The zero-order valence-corrected chi connectivity index (χ0v) is 13.4. The average molecular weight is 331 g/mol. The largest absolute Gasteiger partial charge is 0.493 e. The predicted molar refractivity (Wildman–Crippen MR) is 89.2 cm³/mol. The number of ether oxygens (including phenoxy) is 2. The molecule has 1 unspecified atom stereocenters. The van der Waals surface area contributed by atoms with Gasteiger partial charge in [-0.15, -0.1) is 0 Å². The fourth-order valence-electron chi connectivity index (χ4n) is 2.80. The van der Waals surface area contributed by atoms with Gasteiger partial charge in [0.25, 0.3) is 0 Å². The Morgan fingerprint density at radius 2 is 2.17 bits per heavy atom. The Morgan fingerprint density at radius 3 is 2.88 bits per heavy atom. The number of benzene rings is 1. The van der Waals surface area contributed by atoms with Gasteiger partial charge in [0, 0.05) is 30.5 Å². The molecule has 0 saturated carbocycles. The summed E-state index contributed by atoms with van der Waals surface area (Å²) in [6, 6.07) is 7.54. The summed E-state index contributed by atoms with van der Waals surface area (Å²) in [5, 5.41) is 9.52. The highest BCUT2D eigenvalue weighted by Crippen LogP contribution is 2.34. The topological polar surface area (TPSA) is 60.8 Å². The van der Waals surface area contributed by atoms with Crippen LogP contribution in [0.1, 0.15) is 11.5 Å². The molecule has 5 nitrogen and oxygen atoms in total. The van der Waals surface area contributed by atoms with Gasteiger partial charge in [-0.2, -0.15) is 0 Å². The lowest BCUT2D eigenvalue weighted by Gasteiger charge is -2.13. The molecule has 1 N–H and O–H groups in total. The Morgan fingerprint density at radius 1 is 1.29 bits per heavy atom. The highest BCUT2D eigenvalue weighted by molar-refractivity contribution is 6.43. The van der Waals surface area contributed by atoms with Crippen molar-refractivity contribution in [3.8, 4) is 22.6 Å². The van der Waals surface area contributed by atoms with E-state index in [1.165, 1.54) is 0 Å². The Labute approximate surface area is 140 Å². The van der Waals surface area contributed by atoms with E-state index in [-0.39, 0.29) is 12.5 Å². The van der Waals surface area contributed by atoms with Crippen LogP contribution in [-0.2, 0) is 4.65 Å². The molecular weight excluding hydrogens is 312 g/mol. The third kappa shape index (κ3) is 3.68. The van der Waals surface area contributed by atoms with Crippen LogP contribution >= 0.6 is 0 Å². The summed E-state index contributed by atoms with van der Waals surface area (Å²) in [6.45, 7) is -0.0936. The van der Waals surface area contributed by atoms with Crippen molar-refractivity contribution in [3.63, 3.8) is 0 Å². The molecule has 1 saturated heterocycles. The minimum Gasteiger partial charge on any atom is -0.493 e. The van der Waals surface area contributed by atoms with Gasteiger partial charge in [0.15, 0.2) is 11.5 Å². The molecule has 0 amide bonds. The third-order valence-electron chi connectivity index (χ3n) is 4.04. The standard InChI is InChI=1S/C17H19BFNO4/c1-22-16-3-2-12(7-17(16)23-5-4-19)13-6-14(10-20-9-13)15-8-18(21)24-11-15/h2-3,6-7,9-10,15,21H,4-5,8,11H2,1H3. The van der Waals surface area contributed by atoms with Crippen LogP contribution in [0.5, 0.6) is 11.5 Å². The molecule has 1 atom stereocenters. The maximum atomic E-state index is 12.4. The van der Waals surface area contributed by atoms with Crippen molar-refractivity contribution in [2.24, 2.45) is 0 Å². The third-order valence-corrected chi connectivity index (χ3v) is 4.04. The molecule has 0 radical (unpaired) electrons. The van der Waals surface area contributed by atoms with Crippen LogP contribution in [-0.4, -0.2) is 44.1 Å². The van der Waals surface area contributed by atoms with Crippen molar-refractivity contribution in [3.05, 3.63) is 42.2 Å². The lowest BCUT2D eigenvalue weighted by atomic mass is 9.80. The molecule has 1 fully saturated rings. The van der Waals surface area contributed by atoms with Gasteiger partial charge in [-0.05, 0) is 35.6 Å². The van der Waals surface area contributed by atoms with Gasteiger partial charge in [-0.1, -0.05) is 6.07 Å². The molecule has 1 aromatic heterocycles. The van der Waals surface area contributed by atoms with Crippen molar-refractivity contribution in [1.29, 1.82) is 0 Å². The normalized spacial score (nSPS) is 17.1. The fourth-order valence-corrected chi connectivity index (χ4v) is 2.80. The number of aromatic nitrogens is 1. The minimum atomic E-state index is -0.708. The second-order valence-corrected chi connectivity index (χ2v) is 5.63. The zero-order chi connectivity index (χ0) is 16.9. The van der Waals surface area contributed by atoms with E-state index in [1.807, 2.05) is 18.2 Å². The number of alkyl halides is 1. The number of rotatable bonds is 6. The van der Waals surface area contributed by atoms with Gasteiger partial charge in [0.2, 0.25) is 0 Å². The van der Waals surface area contributed by atoms with Crippen LogP contribution < -0.4 is 9.47 Å². The molecule has 3 rings (SSSR count). The van der Waals surface area contributed by atoms with Crippen molar-refractivity contribution in [2.75, 3.05) is 27.0 Å². The molecule has 24 heavy (non-hydrogen) atoms. The first-order chi connectivity index (χ1) is 11.7. The molecule has 0 bridgehead atoms. The van der Waals surface area contributed by atoms with E-state index in [4.69, 9.17) is 14.1 Å². The summed E-state index contributed by atoms with van der Waals surface area (Å²) >= 11 is 0. The number of hydrogen-bond acceptors (Lipinski definition) is 5. The van der Waals surface area contributed by atoms with Crippen LogP contribution in [0.4, 0.5) is 4.39 Å². The maximum absolute atomic E-state index is 12.4. The van der Waals surface area contributed by atoms with Crippen LogP contribution in [0.3, 0.4) is 0 Å². The van der Waals surface area contributed by atoms with E-state index >= 15 is 0 Å². The van der Waals surface area contributed by atoms with Crippen molar-refractivity contribution < 1.29 is 23.5 Å². The number of pyridine rings is 1. The van der Waals surface area contributed by atoms with Gasteiger partial charge in [-0.25, -0.2) is 4.39 Å². The molecule has 0 spiro atoms. The molecule has 7 heteroatoms. The van der Waals surface area contributed by atoms with E-state index in [0.717, 1.165) is 16.7 Å². The van der Waals surface area contributed by atoms with Crippen LogP contribution in [0, 0.1) is 0 Å². The number of hydrogen-bond donors (Lipinski definition) is 1. The van der Waals surface area contributed by atoms with Gasteiger partial charge >= 0.3 is 7.12 Å². The minimum absolute atomic E-state index is 0.0184. The molecule has 126 valence electrons. The van der Waals surface area contributed by atoms with Crippen molar-refractivity contribution in [1.82, 2.24) is 4.98 Å². The van der Waals surface area contributed by atoms with Crippen molar-refractivity contribution in [2.45, 2.75) is 12.2 Å². The van der Waals surface area contributed by atoms with Crippen LogP contribution in [0.15, 0.2) is 36.7 Å². The van der Waals surface area contributed by atoms with Crippen LogP contribution in [0.25, 0.3) is 11.1 Å². The summed E-state index contributed by atoms with van der Waals surface area (Å²) in [5.74, 6) is 1.19. The highest BCUT2D eigenvalue weighted by Gasteiger charge is 2.30. The zero-order valence-electron chi connectivity index (χ0n) is 13.4. The van der Waals surface area contributed by atoms with Gasteiger partial charge in [0.05, 0.1) is 7.11 Å². The highest BCUT2D eigenvalue weighted by atomic mass is 19.1. The van der Waals surface area contributed by atoms with E-state index in [9.17, 15) is 9.41 Å². The van der Waals surface area contributed by atoms with Gasteiger partial charge in [-0.3, -0.25) is 4.98 Å². The average Bonchev–Trinajstić information content (AvgIpc) is 3.06. The quantitative estimate of drug-likeness (QED) is 0.825. The second-order valence-electron chi connectivity index (χ2n) is 5.63. The predicted octanol–water partition coefficient (Wildman–Crippen LogP) is 2.70. The van der Waals surface area contributed by atoms with Crippen LogP contribution in [0.2, 0.25) is 6.32 Å². The van der Waals surface area contributed by atoms with E-state index in [0.29, 0.717) is 24.4 Å².